The summed E-state index contributed by atoms with van der Waals surface area (Å²) in [5.74, 6) is -0.842. The number of hydrogen-bond donors (Lipinski definition) is 0. The number of alkyl halides is 3. The molecule has 0 bridgehead atoms. The number of carbonyl (C=O) groups is 1. The molecule has 1 saturated heterocycles. The summed E-state index contributed by atoms with van der Waals surface area (Å²) in [6, 6.07) is 10.4. The summed E-state index contributed by atoms with van der Waals surface area (Å²) in [5, 5.41) is -0.831. The second kappa shape index (κ2) is 5.88. The SMILES string of the molecule is O=C1CSC(c2ccccc2C(F)(F)F)N1c1cccc(F)c1. The molecule has 1 atom stereocenters. The fraction of sp³-hybridized carbons (Fsp3) is 0.188. The number of halogens is 4. The molecule has 1 aliphatic rings. The zero-order chi connectivity index (χ0) is 16.6. The summed E-state index contributed by atoms with van der Waals surface area (Å²) in [7, 11) is 0. The van der Waals surface area contributed by atoms with Crippen LogP contribution in [-0.2, 0) is 11.0 Å². The van der Waals surface area contributed by atoms with Gasteiger partial charge in [0.25, 0.3) is 0 Å². The molecule has 1 heterocycles. The lowest BCUT2D eigenvalue weighted by atomic mass is 10.1. The minimum Gasteiger partial charge on any atom is -0.295 e. The van der Waals surface area contributed by atoms with Crippen molar-refractivity contribution in [3.05, 3.63) is 65.5 Å². The number of thioether (sulfide) groups is 1. The Morgan fingerprint density at radius 3 is 2.52 bits per heavy atom. The summed E-state index contributed by atoms with van der Waals surface area (Å²) in [6.45, 7) is 0. The van der Waals surface area contributed by atoms with Crippen molar-refractivity contribution in [2.45, 2.75) is 11.6 Å². The average Bonchev–Trinajstić information content (AvgIpc) is 2.88. The van der Waals surface area contributed by atoms with E-state index < -0.39 is 22.9 Å². The van der Waals surface area contributed by atoms with Crippen LogP contribution in [0.4, 0.5) is 23.2 Å². The van der Waals surface area contributed by atoms with Crippen LogP contribution in [0.1, 0.15) is 16.5 Å². The molecular weight excluding hydrogens is 330 g/mol. The number of anilines is 1. The van der Waals surface area contributed by atoms with Crippen LogP contribution in [0, 0.1) is 5.82 Å². The molecule has 0 N–H and O–H groups in total. The zero-order valence-electron chi connectivity index (χ0n) is 11.7. The largest absolute Gasteiger partial charge is 0.416 e. The van der Waals surface area contributed by atoms with Crippen LogP contribution >= 0.6 is 11.8 Å². The van der Waals surface area contributed by atoms with E-state index in [0.717, 1.165) is 23.9 Å². The molecule has 23 heavy (non-hydrogen) atoms. The predicted molar refractivity (Wildman–Crippen MR) is 80.5 cm³/mol. The number of carbonyl (C=O) groups excluding carboxylic acids is 1. The molecular formula is C16H11F4NOS. The van der Waals surface area contributed by atoms with E-state index in [4.69, 9.17) is 0 Å². The third-order valence-corrected chi connectivity index (χ3v) is 4.68. The summed E-state index contributed by atoms with van der Waals surface area (Å²) >= 11 is 1.10. The van der Waals surface area contributed by atoms with E-state index in [1.54, 1.807) is 0 Å². The monoisotopic (exact) mass is 341 g/mol. The Morgan fingerprint density at radius 2 is 1.83 bits per heavy atom. The van der Waals surface area contributed by atoms with Crippen molar-refractivity contribution in [1.82, 2.24) is 0 Å². The van der Waals surface area contributed by atoms with Crippen LogP contribution in [-0.4, -0.2) is 11.7 Å². The highest BCUT2D eigenvalue weighted by Crippen LogP contribution is 2.46. The smallest absolute Gasteiger partial charge is 0.295 e. The van der Waals surface area contributed by atoms with Gasteiger partial charge in [-0.25, -0.2) is 4.39 Å². The molecule has 0 spiro atoms. The molecule has 0 radical (unpaired) electrons. The molecule has 1 amide bonds. The van der Waals surface area contributed by atoms with E-state index in [1.165, 1.54) is 41.3 Å². The van der Waals surface area contributed by atoms with Crippen molar-refractivity contribution < 1.29 is 22.4 Å². The van der Waals surface area contributed by atoms with Gasteiger partial charge in [0.05, 0.1) is 11.3 Å². The van der Waals surface area contributed by atoms with E-state index in [2.05, 4.69) is 0 Å². The molecule has 2 nitrogen and oxygen atoms in total. The van der Waals surface area contributed by atoms with Crippen molar-refractivity contribution in [2.75, 3.05) is 10.7 Å². The maximum atomic E-state index is 13.4. The maximum absolute atomic E-state index is 13.4. The first-order valence-electron chi connectivity index (χ1n) is 6.73. The van der Waals surface area contributed by atoms with Gasteiger partial charge in [-0.1, -0.05) is 24.3 Å². The van der Waals surface area contributed by atoms with Gasteiger partial charge >= 0.3 is 6.18 Å². The van der Waals surface area contributed by atoms with Gasteiger partial charge in [0.2, 0.25) is 5.91 Å². The van der Waals surface area contributed by atoms with E-state index in [1.807, 2.05) is 0 Å². The van der Waals surface area contributed by atoms with Gasteiger partial charge in [0.15, 0.2) is 0 Å². The highest BCUT2D eigenvalue weighted by atomic mass is 32.2. The van der Waals surface area contributed by atoms with Crippen molar-refractivity contribution in [2.24, 2.45) is 0 Å². The zero-order valence-corrected chi connectivity index (χ0v) is 12.5. The molecule has 120 valence electrons. The van der Waals surface area contributed by atoms with Gasteiger partial charge in [-0.2, -0.15) is 13.2 Å². The van der Waals surface area contributed by atoms with Crippen LogP contribution in [0.25, 0.3) is 0 Å². The molecule has 1 unspecified atom stereocenters. The predicted octanol–water partition coefficient (Wildman–Crippen LogP) is 4.62. The van der Waals surface area contributed by atoms with Crippen LogP contribution in [0.5, 0.6) is 0 Å². The molecule has 0 aliphatic carbocycles. The Kier molecular flexibility index (Phi) is 4.06. The Labute approximate surface area is 134 Å². The Balaban J connectivity index is 2.08. The van der Waals surface area contributed by atoms with Crippen molar-refractivity contribution >= 4 is 23.4 Å². The second-order valence-electron chi connectivity index (χ2n) is 4.99. The number of hydrogen-bond acceptors (Lipinski definition) is 2. The molecule has 2 aromatic rings. The summed E-state index contributed by atoms with van der Waals surface area (Å²) in [4.78, 5) is 13.4. The normalized spacial score (nSPS) is 18.5. The Bertz CT molecular complexity index is 747. The quantitative estimate of drug-likeness (QED) is 0.743. The summed E-state index contributed by atoms with van der Waals surface area (Å²) in [6.07, 6.45) is -4.52. The molecule has 7 heteroatoms. The van der Waals surface area contributed by atoms with Crippen LogP contribution in [0.15, 0.2) is 48.5 Å². The van der Waals surface area contributed by atoms with E-state index in [-0.39, 0.29) is 22.9 Å². The molecule has 2 aromatic carbocycles. The van der Waals surface area contributed by atoms with Crippen LogP contribution in [0.3, 0.4) is 0 Å². The van der Waals surface area contributed by atoms with E-state index in [0.29, 0.717) is 0 Å². The van der Waals surface area contributed by atoms with Gasteiger partial charge in [-0.05, 0) is 29.8 Å². The average molecular weight is 341 g/mol. The summed E-state index contributed by atoms with van der Waals surface area (Å²) in [5.41, 5.74) is -0.532. The lowest BCUT2D eigenvalue weighted by molar-refractivity contribution is -0.138. The molecule has 3 rings (SSSR count). The summed E-state index contributed by atoms with van der Waals surface area (Å²) < 4.78 is 53.1. The van der Waals surface area contributed by atoms with Crippen LogP contribution in [0.2, 0.25) is 0 Å². The first-order chi connectivity index (χ1) is 10.9. The third kappa shape index (κ3) is 3.06. The number of benzene rings is 2. The Morgan fingerprint density at radius 1 is 1.09 bits per heavy atom. The standard InChI is InChI=1S/C16H11F4NOS/c17-10-4-3-5-11(8-10)21-14(22)9-23-15(21)12-6-1-2-7-13(12)16(18,19)20/h1-8,15H,9H2. The number of rotatable bonds is 2. The number of amides is 1. The van der Waals surface area contributed by atoms with E-state index in [9.17, 15) is 22.4 Å². The van der Waals surface area contributed by atoms with Crippen molar-refractivity contribution in [3.63, 3.8) is 0 Å². The first-order valence-corrected chi connectivity index (χ1v) is 7.78. The van der Waals surface area contributed by atoms with Gasteiger partial charge in [-0.3, -0.25) is 9.69 Å². The van der Waals surface area contributed by atoms with Gasteiger partial charge in [0, 0.05) is 5.69 Å². The van der Waals surface area contributed by atoms with Crippen molar-refractivity contribution in [3.8, 4) is 0 Å². The van der Waals surface area contributed by atoms with Gasteiger partial charge < -0.3 is 0 Å². The first kappa shape index (κ1) is 15.9. The fourth-order valence-electron chi connectivity index (χ4n) is 2.53. The lowest BCUT2D eigenvalue weighted by Gasteiger charge is -2.26. The number of nitrogens with zero attached hydrogens (tertiary/aromatic N) is 1. The third-order valence-electron chi connectivity index (χ3n) is 3.49. The molecule has 1 aliphatic heterocycles. The molecule has 0 saturated carbocycles. The highest BCUT2D eigenvalue weighted by molar-refractivity contribution is 8.00. The van der Waals surface area contributed by atoms with Crippen molar-refractivity contribution in [1.29, 1.82) is 0 Å². The molecule has 0 aromatic heterocycles. The van der Waals surface area contributed by atoms with Gasteiger partial charge in [-0.15, -0.1) is 11.8 Å². The van der Waals surface area contributed by atoms with Gasteiger partial charge in [0.1, 0.15) is 11.2 Å². The minimum atomic E-state index is -4.52. The fourth-order valence-corrected chi connectivity index (χ4v) is 3.74. The van der Waals surface area contributed by atoms with Crippen LogP contribution < -0.4 is 4.90 Å². The maximum Gasteiger partial charge on any atom is 0.416 e. The second-order valence-corrected chi connectivity index (χ2v) is 6.06. The lowest BCUT2D eigenvalue weighted by Crippen LogP contribution is -2.29. The molecule has 1 fully saturated rings. The Hall–Kier alpha value is -2.02. The van der Waals surface area contributed by atoms with E-state index >= 15 is 0 Å². The minimum absolute atomic E-state index is 0.000103. The highest BCUT2D eigenvalue weighted by Gasteiger charge is 2.40. The topological polar surface area (TPSA) is 20.3 Å².